The van der Waals surface area contributed by atoms with E-state index < -0.39 is 0 Å². The fourth-order valence-corrected chi connectivity index (χ4v) is 7.63. The van der Waals surface area contributed by atoms with E-state index in [1.165, 1.54) is 45.3 Å². The van der Waals surface area contributed by atoms with Crippen LogP contribution in [0.25, 0.3) is 0 Å². The summed E-state index contributed by atoms with van der Waals surface area (Å²) in [6.45, 7) is 3.68. The van der Waals surface area contributed by atoms with E-state index in [2.05, 4.69) is 0 Å². The molecule has 0 radical (unpaired) electrons. The van der Waals surface area contributed by atoms with E-state index in [4.69, 9.17) is 9.47 Å². The monoisotopic (exact) mass is 700 g/mol. The summed E-state index contributed by atoms with van der Waals surface area (Å²) in [7, 11) is 0. The number of hydrogen-bond acceptors (Lipinski definition) is 10. The largest absolute Gasteiger partial charge is 0.378 e. The zero-order valence-electron chi connectivity index (χ0n) is 25.3. The van der Waals surface area contributed by atoms with Crippen LogP contribution in [0.15, 0.2) is 70.1 Å². The summed E-state index contributed by atoms with van der Waals surface area (Å²) in [4.78, 5) is 63.0. The number of carbonyl (C=O) groups excluding carboxylic acids is 4. The molecule has 5 rings (SSSR count). The number of carbonyl (C=O) groups is 4. The van der Waals surface area contributed by atoms with Gasteiger partial charge in [-0.15, -0.1) is 45.3 Å². The summed E-state index contributed by atoms with van der Waals surface area (Å²) in [6, 6.07) is 14.5. The van der Waals surface area contributed by atoms with Crippen molar-refractivity contribution in [1.82, 2.24) is 19.6 Å². The van der Waals surface area contributed by atoms with Crippen LogP contribution in [0.2, 0.25) is 0 Å². The van der Waals surface area contributed by atoms with Gasteiger partial charge < -0.3 is 29.1 Å². The van der Waals surface area contributed by atoms with E-state index in [1.807, 2.05) is 45.8 Å². The van der Waals surface area contributed by atoms with Gasteiger partial charge in [-0.1, -0.05) is 24.3 Å². The number of nitrogens with zero attached hydrogens (tertiary/aromatic N) is 4. The summed E-state index contributed by atoms with van der Waals surface area (Å²) in [5.41, 5.74) is 0. The lowest BCUT2D eigenvalue weighted by Crippen LogP contribution is -2.45. The summed E-state index contributed by atoms with van der Waals surface area (Å²) >= 11 is 5.50. The van der Waals surface area contributed by atoms with Crippen LogP contribution < -0.4 is 0 Å². The van der Waals surface area contributed by atoms with Gasteiger partial charge in [-0.3, -0.25) is 19.2 Å². The van der Waals surface area contributed by atoms with Crippen molar-refractivity contribution in [2.24, 2.45) is 0 Å². The average molecular weight is 701 g/mol. The number of ether oxygens (including phenoxy) is 2. The number of rotatable bonds is 4. The van der Waals surface area contributed by atoms with E-state index in [-0.39, 0.29) is 50.1 Å². The molecule has 4 aromatic heterocycles. The molecule has 14 heteroatoms. The smallest absolute Gasteiger partial charge is 0.264 e. The summed E-state index contributed by atoms with van der Waals surface area (Å²) in [6.07, 6.45) is 0. The van der Waals surface area contributed by atoms with Crippen LogP contribution in [0.4, 0.5) is 0 Å². The molecule has 1 fully saturated rings. The van der Waals surface area contributed by atoms with Crippen LogP contribution in [0.1, 0.15) is 38.7 Å². The fraction of sp³-hybridized carbons (Fsp3) is 0.375. The van der Waals surface area contributed by atoms with Gasteiger partial charge in [-0.2, -0.15) is 0 Å². The first kappa shape index (κ1) is 33.9. The molecule has 0 spiro atoms. The lowest BCUT2D eigenvalue weighted by Gasteiger charge is -2.29. The Morgan fingerprint density at radius 1 is 0.413 bits per heavy atom. The third-order valence-corrected chi connectivity index (χ3v) is 10.8. The zero-order chi connectivity index (χ0) is 32.1. The van der Waals surface area contributed by atoms with E-state index in [0.717, 1.165) is 0 Å². The van der Waals surface area contributed by atoms with Crippen molar-refractivity contribution in [1.29, 1.82) is 0 Å². The molecule has 244 valence electrons. The minimum atomic E-state index is -0.113. The van der Waals surface area contributed by atoms with E-state index in [9.17, 15) is 19.2 Å². The van der Waals surface area contributed by atoms with Crippen molar-refractivity contribution in [3.63, 3.8) is 0 Å². The number of thiophene rings is 4. The molecule has 4 aromatic rings. The molecule has 46 heavy (non-hydrogen) atoms. The van der Waals surface area contributed by atoms with Crippen molar-refractivity contribution in [3.8, 4) is 0 Å². The first-order chi connectivity index (χ1) is 22.5. The third-order valence-electron chi connectivity index (χ3n) is 7.38. The van der Waals surface area contributed by atoms with Crippen molar-refractivity contribution >= 4 is 69.0 Å². The second-order valence-corrected chi connectivity index (χ2v) is 14.1. The molecule has 0 N–H and O–H groups in total. The van der Waals surface area contributed by atoms with Gasteiger partial charge in [0.15, 0.2) is 0 Å². The molecule has 0 unspecified atom stereocenters. The summed E-state index contributed by atoms with van der Waals surface area (Å²) < 4.78 is 12.0. The topological polar surface area (TPSA) is 99.7 Å². The van der Waals surface area contributed by atoms with E-state index >= 15 is 0 Å². The van der Waals surface area contributed by atoms with Gasteiger partial charge in [0.05, 0.1) is 45.9 Å². The molecule has 0 aromatic carbocycles. The number of hydrogen-bond donors (Lipinski definition) is 0. The highest BCUT2D eigenvalue weighted by molar-refractivity contribution is 7.13. The zero-order valence-corrected chi connectivity index (χ0v) is 28.6. The van der Waals surface area contributed by atoms with E-state index in [0.29, 0.717) is 71.9 Å². The molecule has 0 saturated carbocycles. The normalized spacial score (nSPS) is 16.5. The van der Waals surface area contributed by atoms with Crippen molar-refractivity contribution in [2.75, 3.05) is 78.8 Å². The third kappa shape index (κ3) is 9.33. The minimum absolute atomic E-state index is 0.113. The van der Waals surface area contributed by atoms with Gasteiger partial charge in [0, 0.05) is 52.4 Å². The highest BCUT2D eigenvalue weighted by atomic mass is 32.1. The van der Waals surface area contributed by atoms with Crippen LogP contribution in [0, 0.1) is 0 Å². The van der Waals surface area contributed by atoms with Crippen molar-refractivity contribution in [3.05, 3.63) is 89.6 Å². The molecule has 1 aliphatic heterocycles. The maximum Gasteiger partial charge on any atom is 0.264 e. The molecule has 0 bridgehead atoms. The molecular formula is C32H36N4O6S4. The molecule has 4 amide bonds. The molecule has 0 atom stereocenters. The predicted molar refractivity (Wildman–Crippen MR) is 183 cm³/mol. The predicted octanol–water partition coefficient (Wildman–Crippen LogP) is 4.85. The second kappa shape index (κ2) is 17.5. The molecule has 0 aliphatic carbocycles. The molecule has 10 nitrogen and oxygen atoms in total. The lowest BCUT2D eigenvalue weighted by molar-refractivity contribution is 0.0406. The Hall–Kier alpha value is -3.40. The highest BCUT2D eigenvalue weighted by Gasteiger charge is 2.24. The summed E-state index contributed by atoms with van der Waals surface area (Å²) in [5, 5.41) is 7.46. The van der Waals surface area contributed by atoms with Crippen LogP contribution in [-0.2, 0) is 9.47 Å². The standard InChI is InChI=1S/C32H36N4O6S4/c37-29(25-5-1-21-43-25)33-9-10-34(30(38)26-6-2-22-44-26)14-19-42-20-16-36(32(40)28-8-4-24-46-28)12-11-35(15-18-41-17-13-33)31(39)27-7-3-23-45-27/h1-8,21-24H,9-20H2. The van der Waals surface area contributed by atoms with Crippen LogP contribution >= 0.6 is 45.3 Å². The summed E-state index contributed by atoms with van der Waals surface area (Å²) in [5.74, 6) is -0.453. The van der Waals surface area contributed by atoms with Gasteiger partial charge in [-0.25, -0.2) is 0 Å². The van der Waals surface area contributed by atoms with Crippen LogP contribution in [0.3, 0.4) is 0 Å². The Labute approximate surface area is 284 Å². The van der Waals surface area contributed by atoms with Crippen LogP contribution in [0.5, 0.6) is 0 Å². The maximum absolute atomic E-state index is 13.4. The van der Waals surface area contributed by atoms with E-state index in [1.54, 1.807) is 43.9 Å². The second-order valence-electron chi connectivity index (χ2n) is 10.3. The Kier molecular flexibility index (Phi) is 12.9. The lowest BCUT2D eigenvalue weighted by atomic mass is 10.3. The fourth-order valence-electron chi connectivity index (χ4n) is 4.87. The van der Waals surface area contributed by atoms with Gasteiger partial charge in [0.1, 0.15) is 0 Å². The van der Waals surface area contributed by atoms with Crippen molar-refractivity contribution in [2.45, 2.75) is 0 Å². The van der Waals surface area contributed by atoms with Crippen molar-refractivity contribution < 1.29 is 28.7 Å². The van der Waals surface area contributed by atoms with Gasteiger partial charge in [-0.05, 0) is 45.8 Å². The maximum atomic E-state index is 13.4. The van der Waals surface area contributed by atoms with Gasteiger partial charge in [0.25, 0.3) is 23.6 Å². The Morgan fingerprint density at radius 3 is 0.848 bits per heavy atom. The quantitative estimate of drug-likeness (QED) is 0.302. The molecule has 1 aliphatic rings. The first-order valence-corrected chi connectivity index (χ1v) is 18.5. The Balaban J connectivity index is 1.32. The van der Waals surface area contributed by atoms with Gasteiger partial charge >= 0.3 is 0 Å². The molecule has 5 heterocycles. The van der Waals surface area contributed by atoms with Crippen LogP contribution in [-0.4, -0.2) is 122 Å². The molecule has 1 saturated heterocycles. The SMILES string of the molecule is O=C(c1cccs1)N1CCOCCN(C(=O)c2cccs2)CCN(C(=O)c2cccs2)CCOCCN(C(=O)c2cccs2)CC1. The number of amides is 4. The Bertz CT molecular complexity index is 1280. The first-order valence-electron chi connectivity index (χ1n) is 15.0. The Morgan fingerprint density at radius 2 is 0.652 bits per heavy atom. The molecular weight excluding hydrogens is 665 g/mol. The highest BCUT2D eigenvalue weighted by Crippen LogP contribution is 2.17. The van der Waals surface area contributed by atoms with Gasteiger partial charge in [0.2, 0.25) is 0 Å². The average Bonchev–Trinajstić information content (AvgIpc) is 3.90. The minimum Gasteiger partial charge on any atom is -0.378 e.